The van der Waals surface area contributed by atoms with Gasteiger partial charge in [-0.15, -0.1) is 5.10 Å². The number of hydrogen-bond acceptors (Lipinski definition) is 10. The second kappa shape index (κ2) is 8.34. The van der Waals surface area contributed by atoms with Crippen molar-refractivity contribution in [3.05, 3.63) is 53.9 Å². The van der Waals surface area contributed by atoms with Crippen LogP contribution in [-0.4, -0.2) is 52.9 Å². The molecule has 0 fully saturated rings. The Balaban J connectivity index is 0.000000207. The summed E-state index contributed by atoms with van der Waals surface area (Å²) in [5.74, 6) is -1.21. The predicted octanol–water partition coefficient (Wildman–Crippen LogP) is 1.31. The summed E-state index contributed by atoms with van der Waals surface area (Å²) in [6, 6.07) is 0.894. The third-order valence-corrected chi connectivity index (χ3v) is 4.17. The molecule has 28 heavy (non-hydrogen) atoms. The van der Waals surface area contributed by atoms with Crippen molar-refractivity contribution in [2.24, 2.45) is 7.05 Å². The Labute approximate surface area is 157 Å². The average molecular weight is 395 g/mol. The van der Waals surface area contributed by atoms with Gasteiger partial charge in [-0.2, -0.15) is 0 Å². The number of hydrogen-bond donors (Lipinski definition) is 1. The highest BCUT2D eigenvalue weighted by molar-refractivity contribution is 5.64. The van der Waals surface area contributed by atoms with Crippen molar-refractivity contribution in [2.45, 2.75) is 19.9 Å². The van der Waals surface area contributed by atoms with Crippen LogP contribution in [0.1, 0.15) is 18.3 Å². The summed E-state index contributed by atoms with van der Waals surface area (Å²) in [7, 11) is 1.97. The van der Waals surface area contributed by atoms with Gasteiger partial charge in [0.2, 0.25) is 0 Å². The number of likely N-dealkylation sites (N-methyl/N-ethyl adjacent to an activating group) is 1. The molecule has 0 bridgehead atoms. The van der Waals surface area contributed by atoms with Gasteiger partial charge in [-0.1, -0.05) is 12.1 Å². The van der Waals surface area contributed by atoms with E-state index in [2.05, 4.69) is 22.1 Å². The molecule has 0 unspecified atom stereocenters. The quantitative estimate of drug-likeness (QED) is 0.584. The molecular weight excluding hydrogens is 378 g/mol. The fraction of sp³-hybridized carbons (Fsp3) is 0.429. The number of nitrogens with zero attached hydrogens (tertiary/aromatic N) is 7. The maximum absolute atomic E-state index is 10.4. The number of aromatic hydroxyl groups is 1. The topological polar surface area (TPSA) is 184 Å². The van der Waals surface area contributed by atoms with E-state index < -0.39 is 37.6 Å². The molecule has 1 aromatic carbocycles. The molecule has 0 saturated carbocycles. The van der Waals surface area contributed by atoms with E-state index in [1.54, 1.807) is 0 Å². The number of nitro groups is 3. The molecule has 0 radical (unpaired) electrons. The Morgan fingerprint density at radius 1 is 1.11 bits per heavy atom. The summed E-state index contributed by atoms with van der Waals surface area (Å²) in [5.41, 5.74) is -0.539. The smallest absolute Gasteiger partial charge is 0.324 e. The molecule has 2 aromatic rings. The Hall–Kier alpha value is -3.68. The lowest BCUT2D eigenvalue weighted by atomic mass is 10.1. The monoisotopic (exact) mass is 395 g/mol. The molecule has 0 atom stereocenters. The van der Waals surface area contributed by atoms with Crippen LogP contribution < -0.4 is 0 Å². The number of benzene rings is 1. The second-order valence-electron chi connectivity index (χ2n) is 5.83. The molecule has 0 amide bonds. The summed E-state index contributed by atoms with van der Waals surface area (Å²) < 4.78 is 1.89. The highest BCUT2D eigenvalue weighted by Crippen LogP contribution is 2.38. The Morgan fingerprint density at radius 3 is 2.14 bits per heavy atom. The first-order valence-corrected chi connectivity index (χ1v) is 8.05. The van der Waals surface area contributed by atoms with E-state index in [1.807, 2.05) is 11.7 Å². The molecule has 2 heterocycles. The van der Waals surface area contributed by atoms with Gasteiger partial charge in [-0.05, 0) is 6.54 Å². The maximum Gasteiger partial charge on any atom is 0.324 e. The van der Waals surface area contributed by atoms with Gasteiger partial charge in [0.05, 0.1) is 38.3 Å². The molecule has 1 aliphatic heterocycles. The lowest BCUT2D eigenvalue weighted by Gasteiger charge is -2.23. The standard InChI is InChI=1S/C8H14N4.C6H3N3O7/c1-3-12-5-4-8-7(6-12)9-10-11(8)2;10-6-4(8(13)14)1-3(7(11)12)2-5(6)9(15)16/h3-6H2,1-2H3;1-2,10H. The van der Waals surface area contributed by atoms with Crippen molar-refractivity contribution in [3.63, 3.8) is 0 Å². The Kier molecular flexibility index (Phi) is 6.15. The first kappa shape index (κ1) is 20.6. The maximum atomic E-state index is 10.4. The molecule has 1 aliphatic rings. The fourth-order valence-electron chi connectivity index (χ4n) is 2.65. The van der Waals surface area contributed by atoms with Crippen LogP contribution in [0.25, 0.3) is 0 Å². The third-order valence-electron chi connectivity index (χ3n) is 4.17. The molecule has 14 heteroatoms. The van der Waals surface area contributed by atoms with E-state index in [-0.39, 0.29) is 0 Å². The number of non-ortho nitro benzene ring substituents is 1. The van der Waals surface area contributed by atoms with Gasteiger partial charge < -0.3 is 5.11 Å². The van der Waals surface area contributed by atoms with E-state index in [1.165, 1.54) is 5.69 Å². The van der Waals surface area contributed by atoms with Gasteiger partial charge in [0.15, 0.2) is 0 Å². The van der Waals surface area contributed by atoms with Crippen LogP contribution in [0.5, 0.6) is 5.75 Å². The van der Waals surface area contributed by atoms with Crippen LogP contribution in [0, 0.1) is 30.3 Å². The summed E-state index contributed by atoms with van der Waals surface area (Å²) >= 11 is 0. The van der Waals surface area contributed by atoms with Crippen LogP contribution in [0.15, 0.2) is 12.1 Å². The summed E-state index contributed by atoms with van der Waals surface area (Å²) in [4.78, 5) is 30.2. The Morgan fingerprint density at radius 2 is 1.68 bits per heavy atom. The number of aromatic nitrogens is 3. The van der Waals surface area contributed by atoms with Crippen molar-refractivity contribution in [1.82, 2.24) is 19.9 Å². The first-order valence-electron chi connectivity index (χ1n) is 8.05. The summed E-state index contributed by atoms with van der Waals surface area (Å²) in [5, 5.41) is 48.3. The van der Waals surface area contributed by atoms with Gasteiger partial charge in [-0.25, -0.2) is 0 Å². The highest BCUT2D eigenvalue weighted by atomic mass is 16.6. The number of aryl methyl sites for hydroxylation is 1. The van der Waals surface area contributed by atoms with Crippen molar-refractivity contribution < 1.29 is 19.9 Å². The van der Waals surface area contributed by atoms with Gasteiger partial charge in [0, 0.05) is 26.6 Å². The predicted molar refractivity (Wildman–Crippen MR) is 93.7 cm³/mol. The summed E-state index contributed by atoms with van der Waals surface area (Å²) in [6.07, 6.45) is 1.09. The Bertz CT molecular complexity index is 892. The fourth-order valence-corrected chi connectivity index (χ4v) is 2.65. The van der Waals surface area contributed by atoms with Crippen LogP contribution in [0.3, 0.4) is 0 Å². The van der Waals surface area contributed by atoms with E-state index >= 15 is 0 Å². The molecule has 1 N–H and O–H groups in total. The lowest BCUT2D eigenvalue weighted by molar-refractivity contribution is -0.404. The normalized spacial score (nSPS) is 13.2. The van der Waals surface area contributed by atoms with E-state index in [9.17, 15) is 30.3 Å². The van der Waals surface area contributed by atoms with Crippen molar-refractivity contribution >= 4 is 17.1 Å². The molecule has 1 aromatic heterocycles. The van der Waals surface area contributed by atoms with Gasteiger partial charge in [0.1, 0.15) is 0 Å². The van der Waals surface area contributed by atoms with E-state index in [0.717, 1.165) is 31.7 Å². The van der Waals surface area contributed by atoms with E-state index in [0.29, 0.717) is 12.1 Å². The zero-order valence-electron chi connectivity index (χ0n) is 15.0. The average Bonchev–Trinajstić information content (AvgIpc) is 3.02. The minimum atomic E-state index is -1.21. The van der Waals surface area contributed by atoms with Crippen molar-refractivity contribution in [1.29, 1.82) is 0 Å². The second-order valence-corrected chi connectivity index (χ2v) is 5.83. The molecule has 150 valence electrons. The molecule has 14 nitrogen and oxygen atoms in total. The van der Waals surface area contributed by atoms with Crippen LogP contribution in [-0.2, 0) is 20.0 Å². The summed E-state index contributed by atoms with van der Waals surface area (Å²) in [6.45, 7) is 5.40. The SMILES string of the molecule is CCN1CCc2c(nnn2C)C1.O=[N+]([O-])c1cc([N+](=O)[O-])c(O)c([N+](=O)[O-])c1. The van der Waals surface area contributed by atoms with Gasteiger partial charge in [0.25, 0.3) is 11.4 Å². The molecule has 0 saturated heterocycles. The van der Waals surface area contributed by atoms with Crippen LogP contribution in [0.4, 0.5) is 17.1 Å². The first-order chi connectivity index (χ1) is 13.1. The zero-order valence-corrected chi connectivity index (χ0v) is 15.0. The molecule has 0 spiro atoms. The van der Waals surface area contributed by atoms with Crippen LogP contribution >= 0.6 is 0 Å². The van der Waals surface area contributed by atoms with E-state index in [4.69, 9.17) is 5.11 Å². The number of rotatable bonds is 4. The zero-order chi connectivity index (χ0) is 21.0. The number of nitro benzene ring substituents is 3. The van der Waals surface area contributed by atoms with Crippen molar-refractivity contribution in [3.8, 4) is 5.75 Å². The molecule has 0 aliphatic carbocycles. The minimum absolute atomic E-state index is 0.447. The largest absolute Gasteiger partial charge is 0.497 e. The lowest BCUT2D eigenvalue weighted by Crippen LogP contribution is -2.30. The number of phenols is 1. The van der Waals surface area contributed by atoms with Crippen molar-refractivity contribution in [2.75, 3.05) is 13.1 Å². The van der Waals surface area contributed by atoms with Gasteiger partial charge in [-0.3, -0.25) is 39.9 Å². The number of phenolic OH excluding ortho intramolecular Hbond substituents is 1. The minimum Gasteiger partial charge on any atom is -0.497 e. The van der Waals surface area contributed by atoms with Gasteiger partial charge >= 0.3 is 11.4 Å². The molecular formula is C14H17N7O7. The molecule has 3 rings (SSSR count). The van der Waals surface area contributed by atoms with Crippen LogP contribution in [0.2, 0.25) is 0 Å². The third kappa shape index (κ3) is 4.35. The highest BCUT2D eigenvalue weighted by Gasteiger charge is 2.30. The number of fused-ring (bicyclic) bond motifs is 1.